The molecule has 15 nitrogen and oxygen atoms in total. The van der Waals surface area contributed by atoms with E-state index in [0.717, 1.165) is 16.7 Å². The molecule has 5 aliphatic rings. The number of nitrogens with one attached hydrogen (secondary N) is 1. The molecule has 1 saturated heterocycles. The normalized spacial score (nSPS) is 31.5. The topological polar surface area (TPSA) is 240 Å². The van der Waals surface area contributed by atoms with E-state index < -0.39 is 73.1 Å². The van der Waals surface area contributed by atoms with Gasteiger partial charge in [0, 0.05) is 48.0 Å². The summed E-state index contributed by atoms with van der Waals surface area (Å²) in [7, 11) is -5.03. The SMILES string of the molecule is CC(=O)CCC(=O)N[C@@H](CCC(=O)O)C(=O)Cc1cccc(Cc2ccc([C@@H]3O[C@@H]4C[C@H]5[C@@H]6CCC7=CC(=O)C=C[C@]7(C)[C@H]6[C@@H](O)C[C@]5(C)[C@]4(C(=O)COP(=O)(O)O)O3)cc2)c1. The Morgan fingerprint density at radius 2 is 1.73 bits per heavy atom. The molecule has 1 amide bonds. The lowest BCUT2D eigenvalue weighted by atomic mass is 9.46. The van der Waals surface area contributed by atoms with Crippen LogP contribution in [0.25, 0.3) is 0 Å². The Kier molecular flexibility index (Phi) is 12.9. The van der Waals surface area contributed by atoms with Gasteiger partial charge in [0.05, 0.1) is 18.2 Å². The zero-order chi connectivity index (χ0) is 44.8. The summed E-state index contributed by atoms with van der Waals surface area (Å²) >= 11 is 0. The summed E-state index contributed by atoms with van der Waals surface area (Å²) in [6, 6.07) is 13.7. The van der Waals surface area contributed by atoms with Gasteiger partial charge < -0.3 is 39.6 Å². The van der Waals surface area contributed by atoms with Crippen LogP contribution < -0.4 is 5.32 Å². The second-order valence-corrected chi connectivity index (χ2v) is 19.3. The molecule has 3 saturated carbocycles. The molecule has 0 radical (unpaired) electrons. The third-order valence-corrected chi connectivity index (χ3v) is 14.6. The van der Waals surface area contributed by atoms with E-state index in [4.69, 9.17) is 14.0 Å². The summed E-state index contributed by atoms with van der Waals surface area (Å²) in [6.45, 7) is 4.39. The monoisotopic (exact) mass is 875 g/mol. The van der Waals surface area contributed by atoms with Gasteiger partial charge in [-0.05, 0) is 86.1 Å². The predicted molar refractivity (Wildman–Crippen MR) is 221 cm³/mol. The molecular formula is C46H54NO14P. The van der Waals surface area contributed by atoms with E-state index in [-0.39, 0.29) is 73.6 Å². The lowest BCUT2D eigenvalue weighted by Crippen LogP contribution is -2.63. The molecule has 7 rings (SSSR count). The number of hydrogen-bond acceptors (Lipinski definition) is 11. The van der Waals surface area contributed by atoms with Crippen molar-refractivity contribution in [2.75, 3.05) is 6.61 Å². The molecule has 1 heterocycles. The summed E-state index contributed by atoms with van der Waals surface area (Å²) in [4.78, 5) is 94.2. The molecule has 0 bridgehead atoms. The van der Waals surface area contributed by atoms with Gasteiger partial charge in [0.15, 0.2) is 29.2 Å². The Bertz CT molecular complexity index is 2250. The predicted octanol–water partition coefficient (Wildman–Crippen LogP) is 4.83. The van der Waals surface area contributed by atoms with Crippen LogP contribution in [0.5, 0.6) is 0 Å². The van der Waals surface area contributed by atoms with Crippen molar-refractivity contribution >= 4 is 42.8 Å². The first kappa shape index (κ1) is 45.6. The zero-order valence-electron chi connectivity index (χ0n) is 35.0. The Morgan fingerprint density at radius 3 is 2.42 bits per heavy atom. The van der Waals surface area contributed by atoms with Crippen LogP contribution in [-0.2, 0) is 60.2 Å². The number of carbonyl (C=O) groups is 6. The summed E-state index contributed by atoms with van der Waals surface area (Å²) in [5.74, 6) is -3.33. The maximum Gasteiger partial charge on any atom is 0.470 e. The van der Waals surface area contributed by atoms with Crippen molar-refractivity contribution in [3.63, 3.8) is 0 Å². The molecule has 0 spiro atoms. The van der Waals surface area contributed by atoms with Gasteiger partial charge in [-0.15, -0.1) is 0 Å². The number of aliphatic hydroxyl groups is 1. The van der Waals surface area contributed by atoms with E-state index in [2.05, 4.69) is 5.32 Å². The maximum absolute atomic E-state index is 14.4. The largest absolute Gasteiger partial charge is 0.481 e. The minimum atomic E-state index is -5.03. The second kappa shape index (κ2) is 17.6. The van der Waals surface area contributed by atoms with Crippen molar-refractivity contribution in [1.29, 1.82) is 0 Å². The van der Waals surface area contributed by atoms with Crippen LogP contribution in [0.15, 0.2) is 72.3 Å². The van der Waals surface area contributed by atoms with Crippen LogP contribution >= 0.6 is 7.82 Å². The van der Waals surface area contributed by atoms with Gasteiger partial charge in [-0.1, -0.05) is 74.0 Å². The van der Waals surface area contributed by atoms with Crippen LogP contribution in [0.3, 0.4) is 0 Å². The lowest BCUT2D eigenvalue weighted by molar-refractivity contribution is -0.200. The van der Waals surface area contributed by atoms with Gasteiger partial charge in [-0.25, -0.2) is 4.57 Å². The number of carboxylic acid groups (broad SMARTS) is 1. The average molecular weight is 876 g/mol. The molecule has 4 aliphatic carbocycles. The number of aliphatic carboxylic acids is 1. The number of rotatable bonds is 17. The number of phosphoric acid groups is 1. The van der Waals surface area contributed by atoms with Crippen LogP contribution in [0, 0.1) is 28.6 Å². The molecule has 62 heavy (non-hydrogen) atoms. The number of Topliss-reactive ketones (excluding diaryl/α,β-unsaturated/α-hetero) is 3. The van der Waals surface area contributed by atoms with Gasteiger partial charge in [-0.3, -0.25) is 28.5 Å². The standard InChI is InChI=1S/C46H54NO14P/c1-26(48)7-15-40(53)47-35(14-16-41(54)55)36(50)21-29-6-4-5-28(20-29)19-27-8-10-30(11-9-27)43-60-39-23-34-33-13-12-31-22-32(49)17-18-44(31,2)42(33)37(51)24-45(34,3)46(39,61-43)38(52)25-59-62(56,57)58/h4-6,8-11,17-18,20,22,33-35,37,39,42-43,51H,7,12-16,19,21,23-25H2,1-3H3,(H,47,53)(H,54,55)(H2,56,57,58)/t33-,34-,35-,37-,39+,42+,43+,44-,45-,46+/m0/s1. The highest BCUT2D eigenvalue weighted by molar-refractivity contribution is 7.46. The first-order chi connectivity index (χ1) is 29.2. The number of ether oxygens (including phenoxy) is 2. The number of benzene rings is 2. The summed E-state index contributed by atoms with van der Waals surface area (Å²) in [5, 5.41) is 23.8. The fourth-order valence-electron chi connectivity index (χ4n) is 11.3. The van der Waals surface area contributed by atoms with Crippen LogP contribution in [0.1, 0.15) is 101 Å². The van der Waals surface area contributed by atoms with Gasteiger partial charge in [0.25, 0.3) is 0 Å². The summed E-state index contributed by atoms with van der Waals surface area (Å²) in [6.07, 6.45) is 4.25. The Labute approximate surface area is 359 Å². The molecule has 332 valence electrons. The van der Waals surface area contributed by atoms with E-state index >= 15 is 0 Å². The van der Waals surface area contributed by atoms with Crippen molar-refractivity contribution in [2.45, 2.75) is 115 Å². The first-order valence-corrected chi connectivity index (χ1v) is 22.6. The number of allylic oxidation sites excluding steroid dienone is 4. The van der Waals surface area contributed by atoms with Gasteiger partial charge >= 0.3 is 13.8 Å². The van der Waals surface area contributed by atoms with E-state index in [1.165, 1.54) is 6.92 Å². The average Bonchev–Trinajstić information content (AvgIpc) is 3.70. The molecule has 5 N–H and O–H groups in total. The molecule has 16 heteroatoms. The van der Waals surface area contributed by atoms with Crippen molar-refractivity contribution in [3.05, 3.63) is 94.6 Å². The number of fused-ring (bicyclic) bond motifs is 7. The highest BCUT2D eigenvalue weighted by atomic mass is 31.2. The summed E-state index contributed by atoms with van der Waals surface area (Å²) < 4.78 is 29.9. The van der Waals surface area contributed by atoms with E-state index in [9.17, 15) is 53.3 Å². The molecular weight excluding hydrogens is 821 g/mol. The van der Waals surface area contributed by atoms with Crippen LogP contribution in [0.4, 0.5) is 0 Å². The molecule has 4 fully saturated rings. The van der Waals surface area contributed by atoms with Crippen LogP contribution in [-0.4, -0.2) is 85.5 Å². The number of phosphoric ester groups is 1. The number of carbonyl (C=O) groups excluding carboxylic acids is 5. The van der Waals surface area contributed by atoms with Gasteiger partial charge in [0.1, 0.15) is 12.4 Å². The Morgan fingerprint density at radius 1 is 1.00 bits per heavy atom. The smallest absolute Gasteiger partial charge is 0.470 e. The highest BCUT2D eigenvalue weighted by Crippen LogP contribution is 2.70. The Hall–Kier alpha value is -4.47. The quantitative estimate of drug-likeness (QED) is 0.134. The van der Waals surface area contributed by atoms with Crippen molar-refractivity contribution in [1.82, 2.24) is 5.32 Å². The Balaban J connectivity index is 1.07. The van der Waals surface area contributed by atoms with Crippen molar-refractivity contribution in [2.24, 2.45) is 28.6 Å². The maximum atomic E-state index is 14.4. The van der Waals surface area contributed by atoms with Crippen LogP contribution in [0.2, 0.25) is 0 Å². The lowest BCUT2D eigenvalue weighted by Gasteiger charge is -2.59. The summed E-state index contributed by atoms with van der Waals surface area (Å²) in [5.41, 5.74) is 0.803. The second-order valence-electron chi connectivity index (χ2n) is 18.1. The fourth-order valence-corrected chi connectivity index (χ4v) is 11.6. The van der Waals surface area contributed by atoms with Gasteiger partial charge in [-0.2, -0.15) is 0 Å². The minimum Gasteiger partial charge on any atom is -0.481 e. The molecule has 0 aromatic heterocycles. The number of amides is 1. The third kappa shape index (κ3) is 8.99. The number of hydrogen-bond donors (Lipinski definition) is 5. The zero-order valence-corrected chi connectivity index (χ0v) is 35.9. The third-order valence-electron chi connectivity index (χ3n) is 14.1. The fraction of sp³-hybridized carbons (Fsp3) is 0.522. The molecule has 2 aromatic rings. The van der Waals surface area contributed by atoms with Gasteiger partial charge in [0.2, 0.25) is 5.91 Å². The highest BCUT2D eigenvalue weighted by Gasteiger charge is 2.76. The van der Waals surface area contributed by atoms with Crippen molar-refractivity contribution in [3.8, 4) is 0 Å². The minimum absolute atomic E-state index is 0.0161. The number of ketones is 4. The first-order valence-electron chi connectivity index (χ1n) is 21.1. The number of carboxylic acids is 1. The van der Waals surface area contributed by atoms with Crippen molar-refractivity contribution < 1.29 is 67.3 Å². The van der Waals surface area contributed by atoms with E-state index in [1.807, 2.05) is 62.4 Å². The molecule has 1 aliphatic heterocycles. The number of aliphatic hydroxyl groups excluding tert-OH is 1. The molecule has 0 unspecified atom stereocenters. The van der Waals surface area contributed by atoms with E-state index in [1.54, 1.807) is 18.2 Å². The van der Waals surface area contributed by atoms with E-state index in [0.29, 0.717) is 36.8 Å². The molecule has 2 aromatic carbocycles. The molecule has 10 atom stereocenters.